The van der Waals surface area contributed by atoms with Crippen molar-refractivity contribution in [1.29, 1.82) is 0 Å². The number of rotatable bonds is 10. The van der Waals surface area contributed by atoms with E-state index < -0.39 is 32.3 Å². The van der Waals surface area contributed by atoms with E-state index in [9.17, 15) is 33.3 Å². The number of ether oxygens (including phenoxy) is 1. The number of nitrogens with zero attached hydrogens (tertiary/aromatic N) is 1. The van der Waals surface area contributed by atoms with Gasteiger partial charge in [-0.3, -0.25) is 14.2 Å². The molecule has 1 fully saturated rings. The number of hydrogen-bond acceptors (Lipinski definition) is 8. The number of aliphatic hydroxyl groups is 2. The smallest absolute Gasteiger partial charge is 0.255 e. The first-order valence-electron chi connectivity index (χ1n) is 13.5. The lowest BCUT2D eigenvalue weighted by atomic mass is 9.95. The summed E-state index contributed by atoms with van der Waals surface area (Å²) in [6.07, 6.45) is 3.41. The lowest BCUT2D eigenvalue weighted by Crippen LogP contribution is -2.48. The number of para-hydroxylation sites is 1. The summed E-state index contributed by atoms with van der Waals surface area (Å²) in [5.74, 6) is -0.207. The van der Waals surface area contributed by atoms with Crippen molar-refractivity contribution in [1.82, 2.24) is 9.88 Å². The van der Waals surface area contributed by atoms with Crippen LogP contribution in [-0.4, -0.2) is 64.0 Å². The van der Waals surface area contributed by atoms with Crippen molar-refractivity contribution in [3.05, 3.63) is 82.8 Å². The van der Waals surface area contributed by atoms with Crippen molar-refractivity contribution in [3.63, 3.8) is 0 Å². The third-order valence-corrected chi connectivity index (χ3v) is 9.79. The van der Waals surface area contributed by atoms with Gasteiger partial charge in [-0.25, -0.2) is 8.42 Å². The molecule has 220 valence electrons. The van der Waals surface area contributed by atoms with E-state index in [0.717, 1.165) is 42.1 Å². The molecular weight excluding hydrogens is 548 g/mol. The molecule has 2 aromatic carbocycles. The van der Waals surface area contributed by atoms with Crippen molar-refractivity contribution >= 4 is 15.7 Å². The van der Waals surface area contributed by atoms with Crippen LogP contribution in [0.2, 0.25) is 0 Å². The van der Waals surface area contributed by atoms with Gasteiger partial charge in [-0.05, 0) is 74.1 Å². The fraction of sp³-hybridized carbons (Fsp3) is 0.400. The van der Waals surface area contributed by atoms with Gasteiger partial charge in [0.1, 0.15) is 17.7 Å². The third kappa shape index (κ3) is 7.35. The fourth-order valence-corrected chi connectivity index (χ4v) is 5.65. The second-order valence-corrected chi connectivity index (χ2v) is 13.4. The number of phenols is 1. The lowest BCUT2D eigenvalue weighted by Gasteiger charge is -2.30. The van der Waals surface area contributed by atoms with Gasteiger partial charge in [0.25, 0.3) is 11.5 Å². The van der Waals surface area contributed by atoms with Gasteiger partial charge in [-0.15, -0.1) is 0 Å². The summed E-state index contributed by atoms with van der Waals surface area (Å²) in [6.45, 7) is 1.04. The molecule has 2 atom stereocenters. The van der Waals surface area contributed by atoms with Crippen molar-refractivity contribution < 1.29 is 33.3 Å². The third-order valence-electron chi connectivity index (χ3n) is 7.68. The van der Waals surface area contributed by atoms with E-state index in [1.165, 1.54) is 31.3 Å². The number of aromatic nitrogens is 1. The van der Waals surface area contributed by atoms with Crippen LogP contribution in [0.1, 0.15) is 55.6 Å². The van der Waals surface area contributed by atoms with Crippen molar-refractivity contribution in [2.75, 3.05) is 12.8 Å². The van der Waals surface area contributed by atoms with E-state index in [-0.39, 0.29) is 36.5 Å². The van der Waals surface area contributed by atoms with Crippen LogP contribution in [0, 0.1) is 0 Å². The fourth-order valence-electron chi connectivity index (χ4n) is 4.86. The largest absolute Gasteiger partial charge is 0.507 e. The molecule has 11 heteroatoms. The average molecular weight is 585 g/mol. The van der Waals surface area contributed by atoms with Crippen molar-refractivity contribution in [2.45, 2.75) is 62.2 Å². The van der Waals surface area contributed by atoms with Gasteiger partial charge >= 0.3 is 0 Å². The highest BCUT2D eigenvalue weighted by molar-refractivity contribution is 7.92. The van der Waals surface area contributed by atoms with Gasteiger partial charge in [0.05, 0.1) is 22.5 Å². The van der Waals surface area contributed by atoms with E-state index in [1.807, 2.05) is 24.3 Å². The lowest BCUT2D eigenvalue weighted by molar-refractivity contribution is 0.0666. The summed E-state index contributed by atoms with van der Waals surface area (Å²) in [4.78, 5) is 25.5. The Morgan fingerprint density at radius 1 is 1.07 bits per heavy atom. The zero-order valence-electron chi connectivity index (χ0n) is 23.1. The molecule has 1 aliphatic rings. The summed E-state index contributed by atoms with van der Waals surface area (Å²) in [7, 11) is -3.81. The number of carbonyl (C=O) groups excluding carboxylic acids is 1. The Hall–Kier alpha value is -3.67. The van der Waals surface area contributed by atoms with Gasteiger partial charge in [0, 0.05) is 31.5 Å². The predicted octanol–water partition coefficient (Wildman–Crippen LogP) is 3.02. The minimum absolute atomic E-state index is 0.0101. The molecular formula is C30H36N2O8S. The van der Waals surface area contributed by atoms with Gasteiger partial charge < -0.3 is 25.4 Å². The number of hydrogen-bond donors (Lipinski definition) is 4. The van der Waals surface area contributed by atoms with Crippen molar-refractivity contribution in [2.24, 2.45) is 0 Å². The first kappa shape index (κ1) is 30.3. The topological polar surface area (TPSA) is 155 Å². The number of sulfone groups is 1. The summed E-state index contributed by atoms with van der Waals surface area (Å²) < 4.78 is 30.9. The number of amides is 1. The molecule has 0 saturated heterocycles. The Kier molecular flexibility index (Phi) is 9.21. The van der Waals surface area contributed by atoms with Crippen LogP contribution in [0.4, 0.5) is 0 Å². The maximum absolute atomic E-state index is 12.9. The number of aliphatic hydroxyl groups excluding tert-OH is 2. The van der Waals surface area contributed by atoms with Crippen LogP contribution in [0.25, 0.3) is 11.1 Å². The Bertz CT molecular complexity index is 1530. The summed E-state index contributed by atoms with van der Waals surface area (Å²) in [6, 6.07) is 16.2. The Morgan fingerprint density at radius 2 is 1.73 bits per heavy atom. The van der Waals surface area contributed by atoms with Crippen LogP contribution in [0.15, 0.2) is 71.7 Å². The van der Waals surface area contributed by atoms with E-state index >= 15 is 0 Å². The SMILES string of the molecule is CC(CNC(=O)c1ccccc1O)(CC(O)n1ccc(-c2ccc(OC3CCC(O)CC3)cc2)cc1=O)S(C)(=O)=O. The molecule has 41 heavy (non-hydrogen) atoms. The van der Waals surface area contributed by atoms with Crippen LogP contribution in [0.5, 0.6) is 11.5 Å². The molecule has 1 aliphatic carbocycles. The molecule has 1 saturated carbocycles. The first-order valence-corrected chi connectivity index (χ1v) is 15.4. The number of nitrogens with one attached hydrogen (secondary N) is 1. The average Bonchev–Trinajstić information content (AvgIpc) is 2.93. The molecule has 2 unspecified atom stereocenters. The Morgan fingerprint density at radius 3 is 2.34 bits per heavy atom. The number of carbonyl (C=O) groups is 1. The zero-order chi connectivity index (χ0) is 29.8. The molecule has 1 amide bonds. The zero-order valence-corrected chi connectivity index (χ0v) is 23.9. The minimum atomic E-state index is -3.81. The highest BCUT2D eigenvalue weighted by atomic mass is 32.2. The Labute approximate surface area is 239 Å². The molecule has 4 N–H and O–H groups in total. The summed E-state index contributed by atoms with van der Waals surface area (Å²) >= 11 is 0. The van der Waals surface area contributed by atoms with Crippen LogP contribution < -0.4 is 15.6 Å². The van der Waals surface area contributed by atoms with Gasteiger partial charge in [0.2, 0.25) is 0 Å². The van der Waals surface area contributed by atoms with Crippen molar-refractivity contribution in [3.8, 4) is 22.6 Å². The standard InChI is InChI=1S/C30H36N2O8S/c1-30(41(2,38)39,19-31-29(37)25-5-3-4-6-26(25)34)18-28(36)32-16-15-21(17-27(32)35)20-7-11-23(12-8-20)40-24-13-9-22(33)10-14-24/h3-8,11-12,15-17,22,24,28,33-34,36H,9-10,13-14,18-19H2,1-2H3,(H,31,37). The quantitative estimate of drug-likeness (QED) is 0.284. The summed E-state index contributed by atoms with van der Waals surface area (Å²) in [5, 5.41) is 33.0. The molecule has 3 aromatic rings. The van der Waals surface area contributed by atoms with Crippen LogP contribution >= 0.6 is 0 Å². The monoisotopic (exact) mass is 584 g/mol. The predicted molar refractivity (Wildman–Crippen MR) is 155 cm³/mol. The van der Waals surface area contributed by atoms with E-state index in [0.29, 0.717) is 11.3 Å². The van der Waals surface area contributed by atoms with Crippen LogP contribution in [0.3, 0.4) is 0 Å². The second-order valence-electron chi connectivity index (χ2n) is 10.8. The molecule has 0 aliphatic heterocycles. The highest BCUT2D eigenvalue weighted by Gasteiger charge is 2.39. The molecule has 1 heterocycles. The van der Waals surface area contributed by atoms with E-state index in [2.05, 4.69) is 5.32 Å². The molecule has 10 nitrogen and oxygen atoms in total. The number of pyridine rings is 1. The molecule has 1 aromatic heterocycles. The van der Waals surface area contributed by atoms with Gasteiger partial charge in [-0.1, -0.05) is 24.3 Å². The van der Waals surface area contributed by atoms with Gasteiger partial charge in [-0.2, -0.15) is 0 Å². The summed E-state index contributed by atoms with van der Waals surface area (Å²) in [5.41, 5.74) is 0.851. The second kappa shape index (κ2) is 12.5. The number of aromatic hydroxyl groups is 1. The highest BCUT2D eigenvalue weighted by Crippen LogP contribution is 2.28. The first-order chi connectivity index (χ1) is 19.4. The Balaban J connectivity index is 1.44. The molecule has 0 spiro atoms. The maximum atomic E-state index is 12.9. The minimum Gasteiger partial charge on any atom is -0.507 e. The number of phenolic OH excluding ortho intramolecular Hbond substituents is 1. The maximum Gasteiger partial charge on any atom is 0.255 e. The number of benzene rings is 2. The molecule has 0 bridgehead atoms. The van der Waals surface area contributed by atoms with E-state index in [1.54, 1.807) is 18.2 Å². The molecule has 0 radical (unpaired) electrons. The normalized spacial score (nSPS) is 19.6. The van der Waals surface area contributed by atoms with Gasteiger partial charge in [0.15, 0.2) is 9.84 Å². The van der Waals surface area contributed by atoms with E-state index in [4.69, 9.17) is 4.74 Å². The molecule has 4 rings (SSSR count). The van der Waals surface area contributed by atoms with Crippen LogP contribution in [-0.2, 0) is 9.84 Å².